The maximum absolute atomic E-state index is 12.4. The number of pyridine rings is 1. The molecule has 2 heterocycles. The van der Waals surface area contributed by atoms with Crippen LogP contribution in [0.15, 0.2) is 30.6 Å². The minimum absolute atomic E-state index is 0.292. The van der Waals surface area contributed by atoms with Crippen molar-refractivity contribution in [3.63, 3.8) is 0 Å². The molecule has 0 aliphatic rings. The van der Waals surface area contributed by atoms with Crippen molar-refractivity contribution in [2.24, 2.45) is 0 Å². The molecule has 0 unspecified atom stereocenters. The van der Waals surface area contributed by atoms with E-state index in [2.05, 4.69) is 15.4 Å². The van der Waals surface area contributed by atoms with E-state index in [1.807, 2.05) is 6.92 Å². The number of halogens is 3. The number of amides is 1. The molecule has 112 valence electrons. The molecule has 1 amide bonds. The van der Waals surface area contributed by atoms with E-state index in [-0.39, 0.29) is 6.54 Å². The lowest BCUT2D eigenvalue weighted by atomic mass is 10.2. The minimum Gasteiger partial charge on any atom is -0.324 e. The Morgan fingerprint density at radius 1 is 1.38 bits per heavy atom. The maximum Gasteiger partial charge on any atom is 0.435 e. The molecular formula is C13H13F3N4O. The molecule has 0 saturated heterocycles. The lowest BCUT2D eigenvalue weighted by molar-refractivity contribution is -0.141. The van der Waals surface area contributed by atoms with Crippen LogP contribution < -0.4 is 5.32 Å². The number of aryl methyl sites for hydroxylation is 1. The molecule has 2 rings (SSSR count). The van der Waals surface area contributed by atoms with Crippen LogP contribution >= 0.6 is 0 Å². The molecule has 0 fully saturated rings. The number of aromatic nitrogens is 3. The summed E-state index contributed by atoms with van der Waals surface area (Å²) < 4.78 is 38.1. The Labute approximate surface area is 118 Å². The van der Waals surface area contributed by atoms with E-state index in [0.29, 0.717) is 5.69 Å². The van der Waals surface area contributed by atoms with E-state index in [0.717, 1.165) is 29.1 Å². The van der Waals surface area contributed by atoms with Crippen molar-refractivity contribution in [1.29, 1.82) is 0 Å². The number of hydrogen-bond acceptors (Lipinski definition) is 3. The standard InChI is InChI=1S/C13H13F3N4O/c1-2-9-7-10(3-5-17-9)18-12(21)8-20-6-4-11(19-20)13(14,15)16/h3-7H,2,8H2,1H3,(H,17,18,21). The Balaban J connectivity index is 2.00. The Bertz CT molecular complexity index is 636. The van der Waals surface area contributed by atoms with E-state index >= 15 is 0 Å². The van der Waals surface area contributed by atoms with E-state index < -0.39 is 17.8 Å². The van der Waals surface area contributed by atoms with Crippen LogP contribution in [0.2, 0.25) is 0 Å². The number of rotatable bonds is 4. The summed E-state index contributed by atoms with van der Waals surface area (Å²) in [6, 6.07) is 4.15. The van der Waals surface area contributed by atoms with Gasteiger partial charge in [-0.1, -0.05) is 6.92 Å². The van der Waals surface area contributed by atoms with Gasteiger partial charge in [-0.15, -0.1) is 0 Å². The second-order valence-electron chi connectivity index (χ2n) is 4.33. The molecule has 8 heteroatoms. The number of nitrogens with zero attached hydrogens (tertiary/aromatic N) is 3. The fourth-order valence-corrected chi connectivity index (χ4v) is 1.70. The number of carbonyl (C=O) groups excluding carboxylic acids is 1. The first kappa shape index (κ1) is 15.0. The fraction of sp³-hybridized carbons (Fsp3) is 0.308. The van der Waals surface area contributed by atoms with Crippen molar-refractivity contribution in [3.05, 3.63) is 42.0 Å². The molecule has 21 heavy (non-hydrogen) atoms. The van der Waals surface area contributed by atoms with Gasteiger partial charge in [0.2, 0.25) is 5.91 Å². The van der Waals surface area contributed by atoms with Crippen LogP contribution in [-0.4, -0.2) is 20.7 Å². The van der Waals surface area contributed by atoms with Crippen LogP contribution in [0.3, 0.4) is 0 Å². The summed E-state index contributed by atoms with van der Waals surface area (Å²) in [6.45, 7) is 1.64. The van der Waals surface area contributed by atoms with Gasteiger partial charge in [-0.2, -0.15) is 18.3 Å². The van der Waals surface area contributed by atoms with Gasteiger partial charge in [0.1, 0.15) is 6.54 Å². The van der Waals surface area contributed by atoms with Crippen LogP contribution in [0.5, 0.6) is 0 Å². The Morgan fingerprint density at radius 2 is 2.14 bits per heavy atom. The summed E-state index contributed by atoms with van der Waals surface area (Å²) in [5.74, 6) is -0.458. The molecule has 0 bridgehead atoms. The molecule has 0 spiro atoms. The topological polar surface area (TPSA) is 59.8 Å². The van der Waals surface area contributed by atoms with Gasteiger partial charge in [0.25, 0.3) is 0 Å². The van der Waals surface area contributed by atoms with Crippen LogP contribution in [0, 0.1) is 0 Å². The first-order chi connectivity index (χ1) is 9.88. The zero-order valence-electron chi connectivity index (χ0n) is 11.2. The fourth-order valence-electron chi connectivity index (χ4n) is 1.70. The Hall–Kier alpha value is -2.38. The van der Waals surface area contributed by atoms with Gasteiger partial charge in [-0.3, -0.25) is 14.5 Å². The lowest BCUT2D eigenvalue weighted by Crippen LogP contribution is -2.20. The molecule has 0 saturated carbocycles. The normalized spacial score (nSPS) is 11.4. The second kappa shape index (κ2) is 5.94. The molecule has 0 aliphatic carbocycles. The van der Waals surface area contributed by atoms with Gasteiger partial charge < -0.3 is 5.32 Å². The van der Waals surface area contributed by atoms with Crippen LogP contribution in [0.25, 0.3) is 0 Å². The van der Waals surface area contributed by atoms with Gasteiger partial charge in [0.05, 0.1) is 0 Å². The predicted molar refractivity (Wildman–Crippen MR) is 69.5 cm³/mol. The largest absolute Gasteiger partial charge is 0.435 e. The summed E-state index contributed by atoms with van der Waals surface area (Å²) in [4.78, 5) is 15.9. The number of carbonyl (C=O) groups is 1. The third kappa shape index (κ3) is 4.04. The van der Waals surface area contributed by atoms with Gasteiger partial charge >= 0.3 is 6.18 Å². The third-order valence-electron chi connectivity index (χ3n) is 2.70. The van der Waals surface area contributed by atoms with E-state index in [1.54, 1.807) is 18.3 Å². The third-order valence-corrected chi connectivity index (χ3v) is 2.70. The summed E-state index contributed by atoms with van der Waals surface area (Å²) in [7, 11) is 0. The summed E-state index contributed by atoms with van der Waals surface area (Å²) in [5, 5.41) is 5.91. The van der Waals surface area contributed by atoms with E-state index in [9.17, 15) is 18.0 Å². The van der Waals surface area contributed by atoms with Crippen molar-refractivity contribution >= 4 is 11.6 Å². The van der Waals surface area contributed by atoms with Crippen molar-refractivity contribution in [2.75, 3.05) is 5.32 Å². The van der Waals surface area contributed by atoms with Crippen LogP contribution in [0.1, 0.15) is 18.3 Å². The van der Waals surface area contributed by atoms with Crippen molar-refractivity contribution in [1.82, 2.24) is 14.8 Å². The molecule has 1 N–H and O–H groups in total. The van der Waals surface area contributed by atoms with E-state index in [4.69, 9.17) is 0 Å². The van der Waals surface area contributed by atoms with Crippen molar-refractivity contribution < 1.29 is 18.0 Å². The molecule has 5 nitrogen and oxygen atoms in total. The Morgan fingerprint density at radius 3 is 2.76 bits per heavy atom. The molecule has 0 radical (unpaired) electrons. The van der Waals surface area contributed by atoms with Crippen molar-refractivity contribution in [2.45, 2.75) is 26.1 Å². The number of hydrogen-bond donors (Lipinski definition) is 1. The highest BCUT2D eigenvalue weighted by Gasteiger charge is 2.33. The van der Waals surface area contributed by atoms with Crippen LogP contribution in [0.4, 0.5) is 18.9 Å². The monoisotopic (exact) mass is 298 g/mol. The average molecular weight is 298 g/mol. The molecule has 0 aliphatic heterocycles. The second-order valence-corrected chi connectivity index (χ2v) is 4.33. The van der Waals surface area contributed by atoms with Gasteiger partial charge in [0.15, 0.2) is 5.69 Å². The number of anilines is 1. The quantitative estimate of drug-likeness (QED) is 0.943. The number of nitrogens with one attached hydrogen (secondary N) is 1. The van der Waals surface area contributed by atoms with E-state index in [1.165, 1.54) is 0 Å². The SMILES string of the molecule is CCc1cc(NC(=O)Cn2ccc(C(F)(F)F)n2)ccn1. The highest BCUT2D eigenvalue weighted by atomic mass is 19.4. The highest BCUT2D eigenvalue weighted by molar-refractivity contribution is 5.90. The minimum atomic E-state index is -4.51. The molecule has 2 aromatic heterocycles. The summed E-state index contributed by atoms with van der Waals surface area (Å²) in [5.41, 5.74) is 0.341. The zero-order chi connectivity index (χ0) is 15.5. The van der Waals surface area contributed by atoms with Crippen molar-refractivity contribution in [3.8, 4) is 0 Å². The number of alkyl halides is 3. The Kier molecular flexibility index (Phi) is 4.25. The zero-order valence-corrected chi connectivity index (χ0v) is 11.2. The van der Waals surface area contributed by atoms with Gasteiger partial charge in [-0.25, -0.2) is 0 Å². The lowest BCUT2D eigenvalue weighted by Gasteiger charge is -2.06. The predicted octanol–water partition coefficient (Wildman–Crippen LogP) is 2.50. The smallest absolute Gasteiger partial charge is 0.324 e. The molecule has 0 atom stereocenters. The molecular weight excluding hydrogens is 285 g/mol. The first-order valence-electron chi connectivity index (χ1n) is 6.24. The maximum atomic E-state index is 12.4. The summed E-state index contributed by atoms with van der Waals surface area (Å²) >= 11 is 0. The van der Waals surface area contributed by atoms with Gasteiger partial charge in [0, 0.05) is 23.8 Å². The first-order valence-corrected chi connectivity index (χ1v) is 6.24. The summed E-state index contributed by atoms with van der Waals surface area (Å²) in [6.07, 6.45) is -1.11. The van der Waals surface area contributed by atoms with Gasteiger partial charge in [-0.05, 0) is 24.6 Å². The average Bonchev–Trinajstić information content (AvgIpc) is 2.87. The highest BCUT2D eigenvalue weighted by Crippen LogP contribution is 2.27. The molecule has 0 aromatic carbocycles. The van der Waals surface area contributed by atoms with Crippen LogP contribution in [-0.2, 0) is 23.9 Å². The molecule has 2 aromatic rings.